The Morgan fingerprint density at radius 3 is 2.67 bits per heavy atom. The number of ether oxygens (including phenoxy) is 2. The van der Waals surface area contributed by atoms with E-state index in [-0.39, 0.29) is 33.9 Å². The van der Waals surface area contributed by atoms with E-state index in [0.717, 1.165) is 18.5 Å². The first-order valence-corrected chi connectivity index (χ1v) is 11.5. The maximum Gasteiger partial charge on any atom is 0.392 e. The number of hydrogen-bond donors (Lipinski definition) is 2. The molecule has 8 nitrogen and oxygen atoms in total. The molecule has 14 heteroatoms. The Hall–Kier alpha value is -3.00. The second-order valence-corrected chi connectivity index (χ2v) is 10.1. The standard InChI is InChI=1S/C22H22F5N5O3S/c1-20(15-7-21(15,10-34-2)36-19(28)32-20)12-5-11(6-13(23)17(12)24)31-18(33)14-8-30-16(9-29-14)35-4-3-22(25,26)27/h5-6,8-9,15H,3-4,7,10H2,1-2H3,(H2,28,32)(H,31,33)/t15-,20+,21+/m0/s1. The zero-order valence-corrected chi connectivity index (χ0v) is 20.0. The molecule has 2 aliphatic rings. The number of hydrogen-bond acceptors (Lipinski definition) is 8. The van der Waals surface area contributed by atoms with Crippen molar-refractivity contribution in [2.24, 2.45) is 16.6 Å². The van der Waals surface area contributed by atoms with E-state index in [0.29, 0.717) is 13.0 Å². The summed E-state index contributed by atoms with van der Waals surface area (Å²) in [6.07, 6.45) is -2.94. The van der Waals surface area contributed by atoms with E-state index < -0.39 is 47.0 Å². The lowest BCUT2D eigenvalue weighted by Gasteiger charge is -2.34. The zero-order valence-electron chi connectivity index (χ0n) is 19.2. The van der Waals surface area contributed by atoms with E-state index in [4.69, 9.17) is 15.2 Å². The number of carbonyl (C=O) groups excluding carboxylic acids is 1. The van der Waals surface area contributed by atoms with Crippen LogP contribution in [0.4, 0.5) is 27.6 Å². The number of benzene rings is 1. The van der Waals surface area contributed by atoms with Crippen LogP contribution in [0.5, 0.6) is 5.88 Å². The molecule has 0 spiro atoms. The predicted molar refractivity (Wildman–Crippen MR) is 122 cm³/mol. The van der Waals surface area contributed by atoms with E-state index in [9.17, 15) is 26.7 Å². The molecule has 1 aromatic heterocycles. The van der Waals surface area contributed by atoms with Crippen molar-refractivity contribution in [3.63, 3.8) is 0 Å². The maximum absolute atomic E-state index is 15.0. The SMILES string of the molecule is COC[C@]12C[C@H]1[C@@](C)(c1cc(NC(=O)c3cnc(OCCC(F)(F)F)cn3)cc(F)c1F)N=C(N)S2. The number of aliphatic imine (C=N–C) groups is 1. The molecule has 1 aliphatic carbocycles. The van der Waals surface area contributed by atoms with Crippen LogP contribution in [0.1, 0.15) is 35.8 Å². The first-order chi connectivity index (χ1) is 16.9. The molecule has 1 fully saturated rings. The van der Waals surface area contributed by atoms with E-state index in [1.54, 1.807) is 14.0 Å². The zero-order chi connectivity index (χ0) is 26.3. The number of anilines is 1. The highest BCUT2D eigenvalue weighted by atomic mass is 32.2. The molecule has 0 radical (unpaired) electrons. The Morgan fingerprint density at radius 2 is 2.03 bits per heavy atom. The summed E-state index contributed by atoms with van der Waals surface area (Å²) in [4.78, 5) is 24.6. The minimum Gasteiger partial charge on any atom is -0.476 e. The first kappa shape index (κ1) is 26.1. The number of nitrogens with two attached hydrogens (primary N) is 1. The fraction of sp³-hybridized carbons (Fsp3) is 0.455. The van der Waals surface area contributed by atoms with Crippen LogP contribution in [-0.2, 0) is 10.3 Å². The molecule has 1 aliphatic heterocycles. The van der Waals surface area contributed by atoms with Gasteiger partial charge >= 0.3 is 6.18 Å². The van der Waals surface area contributed by atoms with Gasteiger partial charge in [-0.3, -0.25) is 9.79 Å². The van der Waals surface area contributed by atoms with Crippen molar-refractivity contribution < 1.29 is 36.2 Å². The number of carbonyl (C=O) groups is 1. The van der Waals surface area contributed by atoms with Gasteiger partial charge in [0, 0.05) is 30.3 Å². The summed E-state index contributed by atoms with van der Waals surface area (Å²) in [5.41, 5.74) is 4.50. The number of fused-ring (bicyclic) bond motifs is 1. The summed E-state index contributed by atoms with van der Waals surface area (Å²) in [6, 6.07) is 2.11. The summed E-state index contributed by atoms with van der Waals surface area (Å²) in [6.45, 7) is 1.37. The number of aromatic nitrogens is 2. The van der Waals surface area contributed by atoms with Gasteiger partial charge in [0.15, 0.2) is 16.8 Å². The quantitative estimate of drug-likeness (QED) is 0.495. The summed E-state index contributed by atoms with van der Waals surface area (Å²) >= 11 is 1.35. The monoisotopic (exact) mass is 531 g/mol. The number of amides is 1. The number of halogens is 5. The van der Waals surface area contributed by atoms with Gasteiger partial charge in [0.05, 0.1) is 42.3 Å². The van der Waals surface area contributed by atoms with Crippen LogP contribution in [0.15, 0.2) is 29.5 Å². The number of nitrogens with one attached hydrogen (secondary N) is 1. The lowest BCUT2D eigenvalue weighted by Crippen LogP contribution is -2.38. The minimum atomic E-state index is -4.38. The molecule has 0 unspecified atom stereocenters. The minimum absolute atomic E-state index is 0.0487. The van der Waals surface area contributed by atoms with E-state index >= 15 is 0 Å². The van der Waals surface area contributed by atoms with Crippen LogP contribution in [0.2, 0.25) is 0 Å². The van der Waals surface area contributed by atoms with Crippen molar-refractivity contribution in [1.82, 2.24) is 9.97 Å². The van der Waals surface area contributed by atoms with Crippen molar-refractivity contribution in [1.29, 1.82) is 0 Å². The van der Waals surface area contributed by atoms with E-state index in [1.165, 1.54) is 17.8 Å². The second kappa shape index (κ2) is 9.47. The van der Waals surface area contributed by atoms with Crippen molar-refractivity contribution in [3.05, 3.63) is 47.4 Å². The molecular formula is C22H22F5N5O3S. The Balaban J connectivity index is 1.52. The largest absolute Gasteiger partial charge is 0.476 e. The lowest BCUT2D eigenvalue weighted by atomic mass is 9.85. The maximum atomic E-state index is 15.0. The molecule has 1 saturated carbocycles. The van der Waals surface area contributed by atoms with Crippen LogP contribution < -0.4 is 15.8 Å². The van der Waals surface area contributed by atoms with Crippen LogP contribution >= 0.6 is 11.8 Å². The highest BCUT2D eigenvalue weighted by Crippen LogP contribution is 2.66. The Morgan fingerprint density at radius 1 is 1.28 bits per heavy atom. The van der Waals surface area contributed by atoms with Gasteiger partial charge in [-0.25, -0.2) is 18.7 Å². The molecule has 36 heavy (non-hydrogen) atoms. The fourth-order valence-electron chi connectivity index (χ4n) is 4.33. The number of alkyl halides is 3. The molecule has 0 saturated heterocycles. The molecule has 2 heterocycles. The topological polar surface area (TPSA) is 112 Å². The third-order valence-corrected chi connectivity index (χ3v) is 7.35. The third kappa shape index (κ3) is 5.24. The molecule has 3 atom stereocenters. The molecule has 1 amide bonds. The average Bonchev–Trinajstić information content (AvgIpc) is 3.50. The molecule has 194 valence electrons. The number of nitrogens with zero attached hydrogens (tertiary/aromatic N) is 3. The van der Waals surface area contributed by atoms with Crippen LogP contribution in [0, 0.1) is 17.6 Å². The van der Waals surface area contributed by atoms with Crippen molar-refractivity contribution >= 4 is 28.5 Å². The van der Waals surface area contributed by atoms with Gasteiger partial charge in [-0.15, -0.1) is 0 Å². The third-order valence-electron chi connectivity index (χ3n) is 6.07. The van der Waals surface area contributed by atoms with E-state index in [1.807, 2.05) is 0 Å². The number of methoxy groups -OCH3 is 1. The van der Waals surface area contributed by atoms with Gasteiger partial charge in [-0.2, -0.15) is 13.2 Å². The highest BCUT2D eigenvalue weighted by Gasteiger charge is 2.66. The normalized spacial score (nSPS) is 25.1. The highest BCUT2D eigenvalue weighted by molar-refractivity contribution is 8.15. The summed E-state index contributed by atoms with van der Waals surface area (Å²) < 4.78 is 76.0. The smallest absolute Gasteiger partial charge is 0.392 e. The Kier molecular flexibility index (Phi) is 6.86. The summed E-state index contributed by atoms with van der Waals surface area (Å²) in [5, 5.41) is 2.66. The van der Waals surface area contributed by atoms with Gasteiger partial charge in [0.25, 0.3) is 5.91 Å². The second-order valence-electron chi connectivity index (χ2n) is 8.68. The van der Waals surface area contributed by atoms with Gasteiger partial charge < -0.3 is 20.5 Å². The van der Waals surface area contributed by atoms with E-state index in [2.05, 4.69) is 20.3 Å². The van der Waals surface area contributed by atoms with Crippen molar-refractivity contribution in [2.45, 2.75) is 36.2 Å². The summed E-state index contributed by atoms with van der Waals surface area (Å²) in [7, 11) is 1.55. The van der Waals surface area contributed by atoms with Crippen LogP contribution in [0.25, 0.3) is 0 Å². The molecule has 3 N–H and O–H groups in total. The predicted octanol–water partition coefficient (Wildman–Crippen LogP) is 4.02. The van der Waals surface area contributed by atoms with Crippen LogP contribution in [-0.4, -0.2) is 52.3 Å². The molecular weight excluding hydrogens is 509 g/mol. The first-order valence-electron chi connectivity index (χ1n) is 10.7. The molecule has 1 aromatic carbocycles. The van der Waals surface area contributed by atoms with Crippen molar-refractivity contribution in [2.75, 3.05) is 25.6 Å². The lowest BCUT2D eigenvalue weighted by molar-refractivity contribution is -0.139. The van der Waals surface area contributed by atoms with Gasteiger partial charge in [-0.05, 0) is 19.4 Å². The molecule has 4 rings (SSSR count). The van der Waals surface area contributed by atoms with Crippen LogP contribution in [0.3, 0.4) is 0 Å². The van der Waals surface area contributed by atoms with Gasteiger partial charge in [-0.1, -0.05) is 11.8 Å². The van der Waals surface area contributed by atoms with Gasteiger partial charge in [0.1, 0.15) is 5.69 Å². The Labute approximate surface area is 206 Å². The number of amidine groups is 1. The number of rotatable bonds is 8. The molecule has 2 aromatic rings. The number of thioether (sulfide) groups is 1. The van der Waals surface area contributed by atoms with Crippen molar-refractivity contribution in [3.8, 4) is 5.88 Å². The summed E-state index contributed by atoms with van der Waals surface area (Å²) in [5.74, 6) is -3.45. The average molecular weight is 532 g/mol. The Bertz CT molecular complexity index is 1200. The molecule has 0 bridgehead atoms. The van der Waals surface area contributed by atoms with Gasteiger partial charge in [0.2, 0.25) is 5.88 Å². The fourth-order valence-corrected chi connectivity index (χ4v) is 5.78.